The van der Waals surface area contributed by atoms with Crippen LogP contribution in [0.3, 0.4) is 0 Å². The van der Waals surface area contributed by atoms with Crippen LogP contribution in [-0.2, 0) is 4.79 Å². The lowest BCUT2D eigenvalue weighted by molar-refractivity contribution is -0.112. The third kappa shape index (κ3) is 4.72. The third-order valence-corrected chi connectivity index (χ3v) is 2.03. The molecule has 0 aromatic heterocycles. The van der Waals surface area contributed by atoms with Crippen LogP contribution in [0.1, 0.15) is 27.2 Å². The Morgan fingerprint density at radius 3 is 2.71 bits per heavy atom. The number of hydrogen-bond donors (Lipinski definition) is 1. The summed E-state index contributed by atoms with van der Waals surface area (Å²) in [5, 5.41) is 2.81. The van der Waals surface area contributed by atoms with Gasteiger partial charge in [-0.1, -0.05) is 24.6 Å². The summed E-state index contributed by atoms with van der Waals surface area (Å²) in [4.78, 5) is 11.6. The van der Waals surface area contributed by atoms with Crippen molar-refractivity contribution in [2.45, 2.75) is 27.2 Å². The Morgan fingerprint density at radius 2 is 2.06 bits per heavy atom. The summed E-state index contributed by atoms with van der Waals surface area (Å²) in [6, 6.07) is 7.45. The quantitative estimate of drug-likeness (QED) is 0.792. The minimum absolute atomic E-state index is 0.127. The van der Waals surface area contributed by atoms with Gasteiger partial charge in [0.2, 0.25) is 5.91 Å². The first-order chi connectivity index (χ1) is 8.13. The maximum absolute atomic E-state index is 11.6. The van der Waals surface area contributed by atoms with E-state index in [9.17, 15) is 4.79 Å². The fourth-order valence-corrected chi connectivity index (χ4v) is 1.34. The van der Waals surface area contributed by atoms with Gasteiger partial charge in [0.1, 0.15) is 5.75 Å². The van der Waals surface area contributed by atoms with Crippen LogP contribution in [0.15, 0.2) is 35.9 Å². The van der Waals surface area contributed by atoms with Crippen LogP contribution in [0.4, 0.5) is 5.69 Å². The van der Waals surface area contributed by atoms with E-state index < -0.39 is 0 Å². The van der Waals surface area contributed by atoms with E-state index in [0.29, 0.717) is 18.0 Å². The van der Waals surface area contributed by atoms with Gasteiger partial charge < -0.3 is 10.1 Å². The minimum Gasteiger partial charge on any atom is -0.491 e. The van der Waals surface area contributed by atoms with Gasteiger partial charge >= 0.3 is 0 Å². The monoisotopic (exact) mass is 233 g/mol. The van der Waals surface area contributed by atoms with E-state index >= 15 is 0 Å². The molecule has 0 heterocycles. The van der Waals surface area contributed by atoms with Gasteiger partial charge in [-0.2, -0.15) is 0 Å². The molecule has 0 aliphatic heterocycles. The molecule has 17 heavy (non-hydrogen) atoms. The topological polar surface area (TPSA) is 38.3 Å². The van der Waals surface area contributed by atoms with E-state index in [-0.39, 0.29) is 5.91 Å². The second-order valence-corrected chi connectivity index (χ2v) is 4.06. The Morgan fingerprint density at radius 1 is 1.35 bits per heavy atom. The van der Waals surface area contributed by atoms with E-state index in [1.54, 1.807) is 6.08 Å². The molecule has 0 aliphatic rings. The average Bonchev–Trinajstić information content (AvgIpc) is 2.26. The molecule has 92 valence electrons. The average molecular weight is 233 g/mol. The zero-order valence-electron chi connectivity index (χ0n) is 10.6. The number of carbonyl (C=O) groups is 1. The van der Waals surface area contributed by atoms with Crippen molar-refractivity contribution in [2.24, 2.45) is 0 Å². The molecule has 0 bridgehead atoms. The van der Waals surface area contributed by atoms with E-state index in [1.165, 1.54) is 0 Å². The molecule has 0 aliphatic carbocycles. The van der Waals surface area contributed by atoms with Gasteiger partial charge in [0.15, 0.2) is 0 Å². The van der Waals surface area contributed by atoms with Gasteiger partial charge in [0.05, 0.1) is 12.3 Å². The molecule has 0 saturated carbocycles. The van der Waals surface area contributed by atoms with Crippen molar-refractivity contribution in [3.8, 4) is 5.75 Å². The highest BCUT2D eigenvalue weighted by Gasteiger charge is 2.04. The molecule has 0 atom stereocenters. The Balaban J connectivity index is 2.76. The van der Waals surface area contributed by atoms with E-state index in [2.05, 4.69) is 5.32 Å². The van der Waals surface area contributed by atoms with Gasteiger partial charge in [-0.25, -0.2) is 0 Å². The molecule has 0 fully saturated rings. The highest BCUT2D eigenvalue weighted by atomic mass is 16.5. The number of ether oxygens (including phenoxy) is 1. The maximum Gasteiger partial charge on any atom is 0.248 e. The summed E-state index contributed by atoms with van der Waals surface area (Å²) >= 11 is 0. The van der Waals surface area contributed by atoms with Crippen LogP contribution < -0.4 is 10.1 Å². The van der Waals surface area contributed by atoms with E-state index in [0.717, 1.165) is 12.0 Å². The van der Waals surface area contributed by atoms with Crippen molar-refractivity contribution in [3.63, 3.8) is 0 Å². The lowest BCUT2D eigenvalue weighted by Gasteiger charge is -2.10. The maximum atomic E-state index is 11.6. The Kier molecular flexibility index (Phi) is 5.27. The molecule has 3 heteroatoms. The number of carbonyl (C=O) groups excluding carboxylic acids is 1. The summed E-state index contributed by atoms with van der Waals surface area (Å²) < 4.78 is 5.56. The van der Waals surface area contributed by atoms with Crippen LogP contribution in [0.2, 0.25) is 0 Å². The molecule has 1 amide bonds. The van der Waals surface area contributed by atoms with Gasteiger partial charge in [-0.05, 0) is 32.4 Å². The minimum atomic E-state index is -0.127. The predicted molar refractivity (Wildman–Crippen MR) is 70.3 cm³/mol. The summed E-state index contributed by atoms with van der Waals surface area (Å²) in [7, 11) is 0. The zero-order valence-corrected chi connectivity index (χ0v) is 10.6. The SMILES string of the molecule is CCCOc1ccccc1NC(=O)C=C(C)C. The van der Waals surface area contributed by atoms with Gasteiger partial charge in [-0.3, -0.25) is 4.79 Å². The summed E-state index contributed by atoms with van der Waals surface area (Å²) in [5.74, 6) is 0.586. The van der Waals surface area contributed by atoms with Crippen molar-refractivity contribution < 1.29 is 9.53 Å². The fourth-order valence-electron chi connectivity index (χ4n) is 1.34. The summed E-state index contributed by atoms with van der Waals surface area (Å²) in [5.41, 5.74) is 1.68. The molecule has 0 unspecified atom stereocenters. The van der Waals surface area contributed by atoms with Crippen molar-refractivity contribution in [3.05, 3.63) is 35.9 Å². The lowest BCUT2D eigenvalue weighted by Crippen LogP contribution is -2.10. The Labute approximate surface area is 102 Å². The lowest BCUT2D eigenvalue weighted by atomic mass is 10.2. The second kappa shape index (κ2) is 6.74. The normalized spacial score (nSPS) is 9.59. The smallest absolute Gasteiger partial charge is 0.248 e. The van der Waals surface area contributed by atoms with Crippen LogP contribution in [0.5, 0.6) is 5.75 Å². The van der Waals surface area contributed by atoms with Crippen LogP contribution in [-0.4, -0.2) is 12.5 Å². The third-order valence-electron chi connectivity index (χ3n) is 2.03. The molecule has 0 spiro atoms. The molecular weight excluding hydrogens is 214 g/mol. The van der Waals surface area contributed by atoms with Crippen LogP contribution >= 0.6 is 0 Å². The predicted octanol–water partition coefficient (Wildman–Crippen LogP) is 3.38. The zero-order chi connectivity index (χ0) is 12.7. The first kappa shape index (κ1) is 13.3. The fraction of sp³-hybridized carbons (Fsp3) is 0.357. The molecule has 0 radical (unpaired) electrons. The number of nitrogens with one attached hydrogen (secondary N) is 1. The standard InChI is InChI=1S/C14H19NO2/c1-4-9-17-13-8-6-5-7-12(13)15-14(16)10-11(2)3/h5-8,10H,4,9H2,1-3H3,(H,15,16). The largest absolute Gasteiger partial charge is 0.491 e. The van der Waals surface area contributed by atoms with Gasteiger partial charge in [0, 0.05) is 6.08 Å². The van der Waals surface area contributed by atoms with Crippen molar-refractivity contribution in [1.29, 1.82) is 0 Å². The number of anilines is 1. The summed E-state index contributed by atoms with van der Waals surface area (Å²) in [6.45, 7) is 6.47. The van der Waals surface area contributed by atoms with E-state index in [4.69, 9.17) is 4.74 Å². The Bertz CT molecular complexity index is 406. The molecule has 1 aromatic rings. The number of hydrogen-bond acceptors (Lipinski definition) is 2. The van der Waals surface area contributed by atoms with Gasteiger partial charge in [-0.15, -0.1) is 0 Å². The first-order valence-corrected chi connectivity index (χ1v) is 5.81. The molecule has 3 nitrogen and oxygen atoms in total. The van der Waals surface area contributed by atoms with Crippen LogP contribution in [0, 0.1) is 0 Å². The second-order valence-electron chi connectivity index (χ2n) is 4.06. The van der Waals surface area contributed by atoms with Crippen LogP contribution in [0.25, 0.3) is 0 Å². The van der Waals surface area contributed by atoms with Gasteiger partial charge in [0.25, 0.3) is 0 Å². The number of amides is 1. The summed E-state index contributed by atoms with van der Waals surface area (Å²) in [6.07, 6.45) is 2.51. The molecular formula is C14H19NO2. The van der Waals surface area contributed by atoms with E-state index in [1.807, 2.05) is 45.0 Å². The number of para-hydroxylation sites is 2. The number of rotatable bonds is 5. The Hall–Kier alpha value is -1.77. The highest BCUT2D eigenvalue weighted by Crippen LogP contribution is 2.23. The van der Waals surface area contributed by atoms with Crippen molar-refractivity contribution >= 4 is 11.6 Å². The highest BCUT2D eigenvalue weighted by molar-refractivity contribution is 6.00. The van der Waals surface area contributed by atoms with Crippen molar-refractivity contribution in [2.75, 3.05) is 11.9 Å². The molecule has 0 saturated heterocycles. The molecule has 1 aromatic carbocycles. The first-order valence-electron chi connectivity index (χ1n) is 5.81. The number of allylic oxidation sites excluding steroid dienone is 1. The van der Waals surface area contributed by atoms with Crippen molar-refractivity contribution in [1.82, 2.24) is 0 Å². The molecule has 1 N–H and O–H groups in total. The number of benzene rings is 1. The molecule has 1 rings (SSSR count).